The van der Waals surface area contributed by atoms with Crippen molar-refractivity contribution in [3.05, 3.63) is 62.8 Å². The van der Waals surface area contributed by atoms with E-state index in [-0.39, 0.29) is 17.4 Å². The predicted molar refractivity (Wildman–Crippen MR) is 127 cm³/mol. The first-order chi connectivity index (χ1) is 15.4. The van der Waals surface area contributed by atoms with Gasteiger partial charge in [-0.1, -0.05) is 45.0 Å². The van der Waals surface area contributed by atoms with Crippen LogP contribution in [-0.4, -0.2) is 45.3 Å². The van der Waals surface area contributed by atoms with E-state index in [1.54, 1.807) is 4.90 Å². The Morgan fingerprint density at radius 3 is 2.72 bits per heavy atom. The van der Waals surface area contributed by atoms with Crippen LogP contribution in [0, 0.1) is 0 Å². The highest BCUT2D eigenvalue weighted by Gasteiger charge is 2.28. The van der Waals surface area contributed by atoms with Gasteiger partial charge in [0.2, 0.25) is 5.91 Å². The van der Waals surface area contributed by atoms with Gasteiger partial charge in [0.15, 0.2) is 0 Å². The number of fused-ring (bicyclic) bond motifs is 1. The van der Waals surface area contributed by atoms with E-state index in [2.05, 4.69) is 48.0 Å². The van der Waals surface area contributed by atoms with Crippen LogP contribution in [0.4, 0.5) is 0 Å². The van der Waals surface area contributed by atoms with Crippen molar-refractivity contribution in [1.29, 1.82) is 0 Å². The molecule has 0 spiro atoms. The lowest BCUT2D eigenvalue weighted by Crippen LogP contribution is -2.40. The number of H-pyrrole nitrogens is 1. The molecule has 6 heteroatoms. The van der Waals surface area contributed by atoms with Gasteiger partial charge in [0.05, 0.1) is 17.8 Å². The van der Waals surface area contributed by atoms with Crippen LogP contribution < -0.4 is 5.56 Å². The number of rotatable bonds is 6. The number of nitrogens with zero attached hydrogens (tertiary/aromatic N) is 3. The van der Waals surface area contributed by atoms with Crippen molar-refractivity contribution in [2.45, 2.75) is 77.8 Å². The molecule has 0 radical (unpaired) electrons. The number of carbonyl (C=O) groups is 1. The minimum Gasteiger partial charge on any atom is -0.338 e. The SMILES string of the molecule is CCCC(=O)N1CCc2nc([C@H]3CCCN(Cc4ccc(C(C)C)cc4)C3)[nH]c(=O)c2C1. The summed E-state index contributed by atoms with van der Waals surface area (Å²) in [6.07, 6.45) is 4.19. The van der Waals surface area contributed by atoms with Crippen molar-refractivity contribution < 1.29 is 4.79 Å². The summed E-state index contributed by atoms with van der Waals surface area (Å²) in [6.45, 7) is 10.4. The van der Waals surface area contributed by atoms with Gasteiger partial charge in [-0.3, -0.25) is 14.5 Å². The summed E-state index contributed by atoms with van der Waals surface area (Å²) in [6, 6.07) is 8.95. The fraction of sp³-hybridized carbons (Fsp3) is 0.577. The van der Waals surface area contributed by atoms with Crippen molar-refractivity contribution >= 4 is 5.91 Å². The summed E-state index contributed by atoms with van der Waals surface area (Å²) in [5.41, 5.74) is 4.18. The van der Waals surface area contributed by atoms with E-state index >= 15 is 0 Å². The van der Waals surface area contributed by atoms with Crippen LogP contribution in [0.15, 0.2) is 29.1 Å². The predicted octanol–water partition coefficient (Wildman–Crippen LogP) is 3.96. The Balaban J connectivity index is 1.44. The summed E-state index contributed by atoms with van der Waals surface area (Å²) in [5.74, 6) is 1.75. The molecule has 1 fully saturated rings. The van der Waals surface area contributed by atoms with E-state index in [4.69, 9.17) is 4.98 Å². The first kappa shape index (κ1) is 22.7. The van der Waals surface area contributed by atoms with Gasteiger partial charge >= 0.3 is 0 Å². The van der Waals surface area contributed by atoms with Crippen LogP contribution >= 0.6 is 0 Å². The lowest BCUT2D eigenvalue weighted by molar-refractivity contribution is -0.132. The third-order valence-corrected chi connectivity index (χ3v) is 6.85. The third kappa shape index (κ3) is 5.12. The minimum absolute atomic E-state index is 0.0691. The average Bonchev–Trinajstić information content (AvgIpc) is 2.79. The van der Waals surface area contributed by atoms with E-state index in [1.807, 2.05) is 6.92 Å². The van der Waals surface area contributed by atoms with E-state index < -0.39 is 0 Å². The Morgan fingerprint density at radius 2 is 2.00 bits per heavy atom. The first-order valence-corrected chi connectivity index (χ1v) is 12.2. The standard InChI is InChI=1S/C26H36N4O2/c1-4-6-24(31)30-14-12-23-22(17-30)26(32)28-25(27-23)21-7-5-13-29(16-21)15-19-8-10-20(11-9-19)18(2)3/h8-11,18,21H,4-7,12-17H2,1-3H3,(H,27,28,32)/t21-/m0/s1. The largest absolute Gasteiger partial charge is 0.338 e. The highest BCUT2D eigenvalue weighted by Crippen LogP contribution is 2.27. The lowest BCUT2D eigenvalue weighted by atomic mass is 9.95. The number of hydrogen-bond donors (Lipinski definition) is 1. The van der Waals surface area contributed by atoms with E-state index in [0.29, 0.717) is 37.4 Å². The highest BCUT2D eigenvalue weighted by atomic mass is 16.2. The summed E-state index contributed by atoms with van der Waals surface area (Å²) in [4.78, 5) is 37.4. The highest BCUT2D eigenvalue weighted by molar-refractivity contribution is 5.76. The number of aromatic amines is 1. The Labute approximate surface area is 191 Å². The Morgan fingerprint density at radius 1 is 1.22 bits per heavy atom. The molecule has 1 amide bonds. The molecule has 0 bridgehead atoms. The lowest BCUT2D eigenvalue weighted by Gasteiger charge is -2.33. The van der Waals surface area contributed by atoms with Gasteiger partial charge in [-0.25, -0.2) is 4.98 Å². The molecule has 0 unspecified atom stereocenters. The second-order valence-electron chi connectivity index (χ2n) is 9.66. The van der Waals surface area contributed by atoms with Crippen LogP contribution in [0.5, 0.6) is 0 Å². The van der Waals surface area contributed by atoms with Gasteiger partial charge in [-0.15, -0.1) is 0 Å². The van der Waals surface area contributed by atoms with Gasteiger partial charge in [0.1, 0.15) is 5.82 Å². The number of carbonyl (C=O) groups excluding carboxylic acids is 1. The molecule has 2 aromatic rings. The fourth-order valence-electron chi connectivity index (χ4n) is 4.91. The monoisotopic (exact) mass is 436 g/mol. The van der Waals surface area contributed by atoms with Crippen LogP contribution in [0.3, 0.4) is 0 Å². The zero-order valence-electron chi connectivity index (χ0n) is 19.7. The quantitative estimate of drug-likeness (QED) is 0.744. The molecule has 1 N–H and O–H groups in total. The first-order valence-electron chi connectivity index (χ1n) is 12.2. The smallest absolute Gasteiger partial charge is 0.256 e. The van der Waals surface area contributed by atoms with Gasteiger partial charge in [0, 0.05) is 38.4 Å². The number of nitrogens with one attached hydrogen (secondary N) is 1. The molecule has 2 aliphatic heterocycles. The summed E-state index contributed by atoms with van der Waals surface area (Å²) >= 11 is 0. The second-order valence-corrected chi connectivity index (χ2v) is 9.66. The zero-order valence-corrected chi connectivity index (χ0v) is 19.7. The van der Waals surface area contributed by atoms with Gasteiger partial charge < -0.3 is 9.88 Å². The van der Waals surface area contributed by atoms with Crippen molar-refractivity contribution in [2.24, 2.45) is 0 Å². The molecular weight excluding hydrogens is 400 g/mol. The van der Waals surface area contributed by atoms with Crippen molar-refractivity contribution in [3.8, 4) is 0 Å². The van der Waals surface area contributed by atoms with Crippen LogP contribution in [0.25, 0.3) is 0 Å². The maximum absolute atomic E-state index is 12.9. The number of hydrogen-bond acceptors (Lipinski definition) is 4. The number of likely N-dealkylation sites (tertiary alicyclic amines) is 1. The molecule has 1 aromatic carbocycles. The van der Waals surface area contributed by atoms with Crippen molar-refractivity contribution in [1.82, 2.24) is 19.8 Å². The molecule has 2 aliphatic rings. The van der Waals surface area contributed by atoms with Crippen molar-refractivity contribution in [2.75, 3.05) is 19.6 Å². The van der Waals surface area contributed by atoms with E-state index in [1.165, 1.54) is 11.1 Å². The number of piperidine rings is 1. The molecule has 0 saturated carbocycles. The minimum atomic E-state index is -0.0691. The topological polar surface area (TPSA) is 69.3 Å². The molecule has 172 valence electrons. The maximum Gasteiger partial charge on any atom is 0.256 e. The normalized spacial score (nSPS) is 19.2. The summed E-state index contributed by atoms with van der Waals surface area (Å²) in [5, 5.41) is 0. The number of amides is 1. The zero-order chi connectivity index (χ0) is 22.7. The molecular formula is C26H36N4O2. The Kier molecular flexibility index (Phi) is 7.09. The Bertz CT molecular complexity index is 996. The molecule has 32 heavy (non-hydrogen) atoms. The van der Waals surface area contributed by atoms with Gasteiger partial charge in [0.25, 0.3) is 5.56 Å². The Hall–Kier alpha value is -2.47. The molecule has 3 heterocycles. The van der Waals surface area contributed by atoms with Crippen molar-refractivity contribution in [3.63, 3.8) is 0 Å². The maximum atomic E-state index is 12.9. The molecule has 1 aromatic heterocycles. The van der Waals surface area contributed by atoms with E-state index in [9.17, 15) is 9.59 Å². The third-order valence-electron chi connectivity index (χ3n) is 6.85. The fourth-order valence-corrected chi connectivity index (χ4v) is 4.91. The van der Waals surface area contributed by atoms with Crippen LogP contribution in [-0.2, 0) is 24.3 Å². The molecule has 6 nitrogen and oxygen atoms in total. The summed E-state index contributed by atoms with van der Waals surface area (Å²) in [7, 11) is 0. The van der Waals surface area contributed by atoms with Gasteiger partial charge in [-0.05, 0) is 42.9 Å². The van der Waals surface area contributed by atoms with Gasteiger partial charge in [-0.2, -0.15) is 0 Å². The number of benzene rings is 1. The summed E-state index contributed by atoms with van der Waals surface area (Å²) < 4.78 is 0. The van der Waals surface area contributed by atoms with Crippen LogP contribution in [0.1, 0.15) is 86.5 Å². The second kappa shape index (κ2) is 9.99. The van der Waals surface area contributed by atoms with E-state index in [0.717, 1.165) is 50.4 Å². The molecule has 1 atom stereocenters. The molecule has 4 rings (SSSR count). The number of aromatic nitrogens is 2. The van der Waals surface area contributed by atoms with Crippen LogP contribution in [0.2, 0.25) is 0 Å². The molecule has 1 saturated heterocycles. The average molecular weight is 437 g/mol. The molecule has 0 aliphatic carbocycles.